The predicted molar refractivity (Wildman–Crippen MR) is 76.8 cm³/mol. The smallest absolute Gasteiger partial charge is 0.121 e. The van der Waals surface area contributed by atoms with Crippen molar-refractivity contribution >= 4 is 0 Å². The summed E-state index contributed by atoms with van der Waals surface area (Å²) in [5.41, 5.74) is 1.84. The van der Waals surface area contributed by atoms with Gasteiger partial charge in [-0.15, -0.1) is 0 Å². The zero-order valence-electron chi connectivity index (χ0n) is 12.2. The van der Waals surface area contributed by atoms with Gasteiger partial charge in [0.1, 0.15) is 5.75 Å². The fourth-order valence-corrected chi connectivity index (χ4v) is 1.50. The van der Waals surface area contributed by atoms with Crippen LogP contribution >= 0.6 is 0 Å². The monoisotopic (exact) mass is 253 g/mol. The molecule has 18 heavy (non-hydrogen) atoms. The van der Waals surface area contributed by atoms with Crippen molar-refractivity contribution in [2.45, 2.75) is 53.2 Å². The van der Waals surface area contributed by atoms with Crippen LogP contribution in [-0.4, -0.2) is 22.3 Å². The van der Waals surface area contributed by atoms with Crippen LogP contribution in [0.25, 0.3) is 0 Å². The summed E-state index contributed by atoms with van der Waals surface area (Å²) >= 11 is 0. The Morgan fingerprint density at radius 2 is 1.78 bits per heavy atom. The van der Waals surface area contributed by atoms with Crippen molar-refractivity contribution in [2.24, 2.45) is 0 Å². The second-order valence-corrected chi connectivity index (χ2v) is 5.05. The summed E-state index contributed by atoms with van der Waals surface area (Å²) in [5, 5.41) is 21.8. The molecule has 3 heteroatoms. The molecule has 1 aromatic carbocycles. The standard InChI is InChI=1S/C13H21NO2.C2H6/c1-13(2,3)14-7-6-10-4-5-12(16)11(8-10)9-15;1-2/h4-5,8,14-16H,6-7,9H2,1-3H3;1-2H3. The quantitative estimate of drug-likeness (QED) is 0.773. The highest BCUT2D eigenvalue weighted by Crippen LogP contribution is 2.18. The summed E-state index contributed by atoms with van der Waals surface area (Å²) in [6.07, 6.45) is 0.893. The molecule has 1 rings (SSSR count). The summed E-state index contributed by atoms with van der Waals surface area (Å²) in [4.78, 5) is 0. The van der Waals surface area contributed by atoms with Gasteiger partial charge in [0.25, 0.3) is 0 Å². The van der Waals surface area contributed by atoms with Gasteiger partial charge in [0, 0.05) is 11.1 Å². The first-order chi connectivity index (χ1) is 8.42. The van der Waals surface area contributed by atoms with Crippen LogP contribution < -0.4 is 5.32 Å². The third-order valence-electron chi connectivity index (χ3n) is 2.38. The lowest BCUT2D eigenvalue weighted by atomic mass is 10.1. The number of rotatable bonds is 4. The van der Waals surface area contributed by atoms with Crippen LogP contribution in [0.15, 0.2) is 18.2 Å². The zero-order valence-corrected chi connectivity index (χ0v) is 12.2. The lowest BCUT2D eigenvalue weighted by Crippen LogP contribution is -2.37. The molecular formula is C15H27NO2. The molecule has 0 amide bonds. The van der Waals surface area contributed by atoms with Gasteiger partial charge in [0.2, 0.25) is 0 Å². The number of benzene rings is 1. The Morgan fingerprint density at radius 3 is 2.28 bits per heavy atom. The average molecular weight is 253 g/mol. The van der Waals surface area contributed by atoms with E-state index in [9.17, 15) is 5.11 Å². The second-order valence-electron chi connectivity index (χ2n) is 5.05. The molecule has 3 N–H and O–H groups in total. The normalized spacial score (nSPS) is 10.8. The lowest BCUT2D eigenvalue weighted by molar-refractivity contribution is 0.275. The van der Waals surface area contributed by atoms with Gasteiger partial charge in [0.15, 0.2) is 0 Å². The fourth-order valence-electron chi connectivity index (χ4n) is 1.50. The van der Waals surface area contributed by atoms with E-state index in [2.05, 4.69) is 26.1 Å². The Bertz CT molecular complexity index is 343. The van der Waals surface area contributed by atoms with Crippen LogP contribution in [0.5, 0.6) is 5.75 Å². The van der Waals surface area contributed by atoms with Crippen LogP contribution in [0.3, 0.4) is 0 Å². The van der Waals surface area contributed by atoms with Crippen LogP contribution in [0.4, 0.5) is 0 Å². The largest absolute Gasteiger partial charge is 0.508 e. The Kier molecular flexibility index (Phi) is 7.64. The van der Waals surface area contributed by atoms with E-state index in [4.69, 9.17) is 5.11 Å². The Morgan fingerprint density at radius 1 is 1.17 bits per heavy atom. The van der Waals surface area contributed by atoms with Crippen LogP contribution in [0.1, 0.15) is 45.7 Å². The van der Waals surface area contributed by atoms with E-state index in [1.54, 1.807) is 6.07 Å². The maximum Gasteiger partial charge on any atom is 0.121 e. The van der Waals surface area contributed by atoms with E-state index >= 15 is 0 Å². The second kappa shape index (κ2) is 8.11. The van der Waals surface area contributed by atoms with Crippen molar-refractivity contribution in [2.75, 3.05) is 6.54 Å². The Labute approximate surface area is 111 Å². The molecule has 0 aromatic heterocycles. The lowest BCUT2D eigenvalue weighted by Gasteiger charge is -2.20. The maximum atomic E-state index is 9.41. The predicted octanol–water partition coefficient (Wildman–Crippen LogP) is 2.84. The first-order valence-electron chi connectivity index (χ1n) is 6.59. The highest BCUT2D eigenvalue weighted by Gasteiger charge is 2.08. The molecule has 3 nitrogen and oxygen atoms in total. The molecule has 0 aliphatic rings. The number of aliphatic hydroxyl groups is 1. The summed E-state index contributed by atoms with van der Waals surface area (Å²) in [6.45, 7) is 11.2. The molecular weight excluding hydrogens is 226 g/mol. The number of hydrogen-bond donors (Lipinski definition) is 3. The van der Waals surface area contributed by atoms with Gasteiger partial charge >= 0.3 is 0 Å². The first-order valence-corrected chi connectivity index (χ1v) is 6.59. The van der Waals surface area contributed by atoms with Gasteiger partial charge in [-0.05, 0) is 51.4 Å². The van der Waals surface area contributed by atoms with Crippen molar-refractivity contribution in [3.8, 4) is 5.75 Å². The molecule has 1 aromatic rings. The Hall–Kier alpha value is -1.06. The first kappa shape index (κ1) is 16.9. The number of aliphatic hydroxyl groups excluding tert-OH is 1. The molecule has 0 atom stereocenters. The van der Waals surface area contributed by atoms with Gasteiger partial charge in [-0.25, -0.2) is 0 Å². The van der Waals surface area contributed by atoms with E-state index in [1.165, 1.54) is 0 Å². The molecule has 0 fully saturated rings. The SMILES string of the molecule is CC.CC(C)(C)NCCc1ccc(O)c(CO)c1. The minimum atomic E-state index is -0.119. The van der Waals surface area contributed by atoms with Gasteiger partial charge in [-0.3, -0.25) is 0 Å². The molecule has 0 aliphatic carbocycles. The fraction of sp³-hybridized carbons (Fsp3) is 0.600. The molecule has 0 bridgehead atoms. The molecule has 0 radical (unpaired) electrons. The Balaban J connectivity index is 0.00000137. The van der Waals surface area contributed by atoms with Gasteiger partial charge in [0.05, 0.1) is 6.61 Å². The van der Waals surface area contributed by atoms with E-state index < -0.39 is 0 Å². The number of phenols is 1. The minimum Gasteiger partial charge on any atom is -0.508 e. The van der Waals surface area contributed by atoms with Crippen LogP contribution in [-0.2, 0) is 13.0 Å². The summed E-state index contributed by atoms with van der Waals surface area (Å²) < 4.78 is 0. The molecule has 104 valence electrons. The third-order valence-corrected chi connectivity index (χ3v) is 2.38. The number of aromatic hydroxyl groups is 1. The molecule has 0 spiro atoms. The molecule has 0 unspecified atom stereocenters. The van der Waals surface area contributed by atoms with Crippen molar-refractivity contribution in [3.63, 3.8) is 0 Å². The van der Waals surface area contributed by atoms with Crippen molar-refractivity contribution in [3.05, 3.63) is 29.3 Å². The summed E-state index contributed by atoms with van der Waals surface area (Å²) in [6, 6.07) is 5.37. The van der Waals surface area contributed by atoms with Gasteiger partial charge < -0.3 is 15.5 Å². The molecule has 0 saturated carbocycles. The molecule has 0 saturated heterocycles. The van der Waals surface area contributed by atoms with Crippen molar-refractivity contribution in [1.29, 1.82) is 0 Å². The summed E-state index contributed by atoms with van der Waals surface area (Å²) in [5.74, 6) is 0.162. The maximum absolute atomic E-state index is 9.41. The van der Waals surface area contributed by atoms with E-state index in [0.717, 1.165) is 18.5 Å². The van der Waals surface area contributed by atoms with Gasteiger partial charge in [-0.2, -0.15) is 0 Å². The van der Waals surface area contributed by atoms with E-state index in [1.807, 2.05) is 26.0 Å². The van der Waals surface area contributed by atoms with Crippen molar-refractivity contribution in [1.82, 2.24) is 5.32 Å². The zero-order chi connectivity index (χ0) is 14.2. The average Bonchev–Trinajstić information content (AvgIpc) is 2.32. The highest BCUT2D eigenvalue weighted by atomic mass is 16.3. The highest BCUT2D eigenvalue weighted by molar-refractivity contribution is 5.35. The van der Waals surface area contributed by atoms with Crippen molar-refractivity contribution < 1.29 is 10.2 Å². The van der Waals surface area contributed by atoms with Crippen LogP contribution in [0.2, 0.25) is 0 Å². The number of hydrogen-bond acceptors (Lipinski definition) is 3. The number of nitrogens with one attached hydrogen (secondary N) is 1. The van der Waals surface area contributed by atoms with Gasteiger partial charge in [-0.1, -0.05) is 19.9 Å². The minimum absolute atomic E-state index is 0.119. The van der Waals surface area contributed by atoms with E-state index in [0.29, 0.717) is 5.56 Å². The molecule has 0 heterocycles. The molecule has 0 aliphatic heterocycles. The topological polar surface area (TPSA) is 52.5 Å². The van der Waals surface area contributed by atoms with Crippen LogP contribution in [0, 0.1) is 0 Å². The summed E-state index contributed by atoms with van der Waals surface area (Å²) in [7, 11) is 0. The third kappa shape index (κ3) is 6.62. The van der Waals surface area contributed by atoms with E-state index in [-0.39, 0.29) is 17.9 Å².